The van der Waals surface area contributed by atoms with E-state index in [-0.39, 0.29) is 11.8 Å². The summed E-state index contributed by atoms with van der Waals surface area (Å²) in [6, 6.07) is 11.0. The Morgan fingerprint density at radius 3 is 2.26 bits per heavy atom. The lowest BCUT2D eigenvalue weighted by Crippen LogP contribution is -2.33. The number of nitrogens with zero attached hydrogens (tertiary/aromatic N) is 1. The van der Waals surface area contributed by atoms with Gasteiger partial charge in [-0.05, 0) is 18.4 Å². The standard InChI is InChI=1S/C16H22N2O/c1-3-8-14(9-4-2)16(19)18-15(12-17)13-10-6-5-7-11-13/h5-7,10-11,14-15H,3-4,8-9H2,1-2H3,(H,18,19). The Labute approximate surface area is 115 Å². The van der Waals surface area contributed by atoms with Crippen LogP contribution in [0.2, 0.25) is 0 Å². The molecular formula is C16H22N2O. The average Bonchev–Trinajstić information content (AvgIpc) is 2.45. The molecule has 0 fully saturated rings. The highest BCUT2D eigenvalue weighted by molar-refractivity contribution is 5.79. The molecule has 1 N–H and O–H groups in total. The van der Waals surface area contributed by atoms with Crippen LogP contribution in [0.4, 0.5) is 0 Å². The first-order valence-electron chi connectivity index (χ1n) is 6.97. The summed E-state index contributed by atoms with van der Waals surface area (Å²) in [4.78, 5) is 12.2. The summed E-state index contributed by atoms with van der Waals surface area (Å²) >= 11 is 0. The second-order valence-electron chi connectivity index (χ2n) is 4.76. The van der Waals surface area contributed by atoms with Gasteiger partial charge in [-0.15, -0.1) is 0 Å². The Kier molecular flexibility index (Phi) is 6.67. The zero-order valence-electron chi connectivity index (χ0n) is 11.7. The van der Waals surface area contributed by atoms with Crippen LogP contribution in [0.15, 0.2) is 30.3 Å². The van der Waals surface area contributed by atoms with Crippen molar-refractivity contribution >= 4 is 5.91 Å². The molecule has 1 unspecified atom stereocenters. The van der Waals surface area contributed by atoms with Crippen molar-refractivity contribution in [1.29, 1.82) is 5.26 Å². The fourth-order valence-electron chi connectivity index (χ4n) is 2.20. The highest BCUT2D eigenvalue weighted by Crippen LogP contribution is 2.17. The van der Waals surface area contributed by atoms with Gasteiger partial charge in [0.1, 0.15) is 6.04 Å². The van der Waals surface area contributed by atoms with Gasteiger partial charge >= 0.3 is 0 Å². The minimum absolute atomic E-state index is 0.000830. The smallest absolute Gasteiger partial charge is 0.224 e. The van der Waals surface area contributed by atoms with E-state index in [2.05, 4.69) is 25.2 Å². The van der Waals surface area contributed by atoms with E-state index in [1.54, 1.807) is 0 Å². The lowest BCUT2D eigenvalue weighted by Gasteiger charge is -2.18. The van der Waals surface area contributed by atoms with E-state index in [4.69, 9.17) is 0 Å². The monoisotopic (exact) mass is 258 g/mol. The molecule has 1 rings (SSSR count). The van der Waals surface area contributed by atoms with Crippen molar-refractivity contribution in [2.75, 3.05) is 0 Å². The maximum Gasteiger partial charge on any atom is 0.224 e. The molecular weight excluding hydrogens is 236 g/mol. The molecule has 0 saturated carbocycles. The number of carbonyl (C=O) groups is 1. The first-order chi connectivity index (χ1) is 9.22. The first-order valence-corrected chi connectivity index (χ1v) is 6.97. The fourth-order valence-corrected chi connectivity index (χ4v) is 2.20. The summed E-state index contributed by atoms with van der Waals surface area (Å²) < 4.78 is 0. The molecule has 1 atom stereocenters. The molecule has 0 aliphatic heterocycles. The van der Waals surface area contributed by atoms with E-state index in [1.807, 2.05) is 30.3 Å². The summed E-state index contributed by atoms with van der Waals surface area (Å²) in [5, 5.41) is 12.1. The van der Waals surface area contributed by atoms with Crippen LogP contribution in [0.3, 0.4) is 0 Å². The minimum Gasteiger partial charge on any atom is -0.336 e. The van der Waals surface area contributed by atoms with E-state index in [0.29, 0.717) is 0 Å². The number of benzene rings is 1. The van der Waals surface area contributed by atoms with E-state index < -0.39 is 6.04 Å². The maximum atomic E-state index is 12.2. The van der Waals surface area contributed by atoms with Crippen molar-refractivity contribution in [2.24, 2.45) is 5.92 Å². The lowest BCUT2D eigenvalue weighted by molar-refractivity contribution is -0.125. The van der Waals surface area contributed by atoms with Crippen LogP contribution in [-0.4, -0.2) is 5.91 Å². The van der Waals surface area contributed by atoms with Gasteiger partial charge in [0.05, 0.1) is 6.07 Å². The predicted octanol–water partition coefficient (Wildman–Crippen LogP) is 3.58. The number of hydrogen-bond acceptors (Lipinski definition) is 2. The van der Waals surface area contributed by atoms with Crippen LogP contribution in [-0.2, 0) is 4.79 Å². The number of hydrogen-bond donors (Lipinski definition) is 1. The predicted molar refractivity (Wildman–Crippen MR) is 76.2 cm³/mol. The highest BCUT2D eigenvalue weighted by atomic mass is 16.1. The van der Waals surface area contributed by atoms with Crippen molar-refractivity contribution in [3.63, 3.8) is 0 Å². The molecule has 0 heterocycles. The molecule has 0 aliphatic carbocycles. The Morgan fingerprint density at radius 1 is 1.21 bits per heavy atom. The zero-order chi connectivity index (χ0) is 14.1. The number of amides is 1. The van der Waals surface area contributed by atoms with Crippen LogP contribution >= 0.6 is 0 Å². The molecule has 1 amide bonds. The molecule has 1 aromatic rings. The van der Waals surface area contributed by atoms with Crippen LogP contribution in [0.1, 0.15) is 51.1 Å². The summed E-state index contributed by atoms with van der Waals surface area (Å²) in [6.07, 6.45) is 3.74. The largest absolute Gasteiger partial charge is 0.336 e. The average molecular weight is 258 g/mol. The van der Waals surface area contributed by atoms with Gasteiger partial charge in [0, 0.05) is 5.92 Å². The van der Waals surface area contributed by atoms with Gasteiger partial charge in [0.15, 0.2) is 0 Å². The number of nitriles is 1. The van der Waals surface area contributed by atoms with Gasteiger partial charge in [-0.3, -0.25) is 4.79 Å². The van der Waals surface area contributed by atoms with Crippen molar-refractivity contribution in [3.8, 4) is 6.07 Å². The van der Waals surface area contributed by atoms with E-state index in [9.17, 15) is 10.1 Å². The highest BCUT2D eigenvalue weighted by Gasteiger charge is 2.20. The van der Waals surface area contributed by atoms with Crippen molar-refractivity contribution in [1.82, 2.24) is 5.32 Å². The quantitative estimate of drug-likeness (QED) is 0.812. The van der Waals surface area contributed by atoms with E-state index in [1.165, 1.54) is 0 Å². The summed E-state index contributed by atoms with van der Waals surface area (Å²) in [5.41, 5.74) is 0.838. The summed E-state index contributed by atoms with van der Waals surface area (Å²) in [7, 11) is 0. The van der Waals surface area contributed by atoms with Crippen LogP contribution in [0.5, 0.6) is 0 Å². The SMILES string of the molecule is CCCC(CCC)C(=O)NC(C#N)c1ccccc1. The van der Waals surface area contributed by atoms with Gasteiger partial charge in [-0.25, -0.2) is 0 Å². The molecule has 19 heavy (non-hydrogen) atoms. The molecule has 0 bridgehead atoms. The summed E-state index contributed by atoms with van der Waals surface area (Å²) in [5.74, 6) is 0.0219. The van der Waals surface area contributed by atoms with Crippen molar-refractivity contribution in [2.45, 2.75) is 45.6 Å². The normalized spacial score (nSPS) is 11.9. The Balaban J connectivity index is 2.70. The zero-order valence-corrected chi connectivity index (χ0v) is 11.7. The minimum atomic E-state index is -0.551. The summed E-state index contributed by atoms with van der Waals surface area (Å²) in [6.45, 7) is 4.16. The molecule has 102 valence electrons. The Bertz CT molecular complexity index is 416. The number of carbonyl (C=O) groups excluding carboxylic acids is 1. The van der Waals surface area contributed by atoms with Crippen LogP contribution in [0, 0.1) is 17.2 Å². The van der Waals surface area contributed by atoms with Gasteiger partial charge in [0.2, 0.25) is 5.91 Å². The third kappa shape index (κ3) is 4.75. The first kappa shape index (κ1) is 15.2. The molecule has 0 radical (unpaired) electrons. The Morgan fingerprint density at radius 2 is 1.79 bits per heavy atom. The molecule has 1 aromatic carbocycles. The van der Waals surface area contributed by atoms with Crippen molar-refractivity contribution < 1.29 is 4.79 Å². The van der Waals surface area contributed by atoms with Crippen molar-refractivity contribution in [3.05, 3.63) is 35.9 Å². The lowest BCUT2D eigenvalue weighted by atomic mass is 9.96. The van der Waals surface area contributed by atoms with Gasteiger partial charge < -0.3 is 5.32 Å². The van der Waals surface area contributed by atoms with Crippen LogP contribution < -0.4 is 5.32 Å². The van der Waals surface area contributed by atoms with Crippen LogP contribution in [0.25, 0.3) is 0 Å². The van der Waals surface area contributed by atoms with Gasteiger partial charge in [-0.1, -0.05) is 57.0 Å². The van der Waals surface area contributed by atoms with E-state index >= 15 is 0 Å². The third-order valence-corrected chi connectivity index (χ3v) is 3.19. The molecule has 0 spiro atoms. The number of nitrogens with one attached hydrogen (secondary N) is 1. The molecule has 3 nitrogen and oxygen atoms in total. The van der Waals surface area contributed by atoms with E-state index in [0.717, 1.165) is 31.2 Å². The van der Waals surface area contributed by atoms with Gasteiger partial charge in [-0.2, -0.15) is 5.26 Å². The van der Waals surface area contributed by atoms with Gasteiger partial charge in [0.25, 0.3) is 0 Å². The second-order valence-corrected chi connectivity index (χ2v) is 4.76. The number of rotatable bonds is 7. The third-order valence-electron chi connectivity index (χ3n) is 3.19. The molecule has 0 saturated heterocycles. The second kappa shape index (κ2) is 8.31. The maximum absolute atomic E-state index is 12.2. The molecule has 0 aliphatic rings. The molecule has 3 heteroatoms. The molecule has 0 aromatic heterocycles. The topological polar surface area (TPSA) is 52.9 Å². The Hall–Kier alpha value is -1.82. The fraction of sp³-hybridized carbons (Fsp3) is 0.500.